The highest BCUT2D eigenvalue weighted by molar-refractivity contribution is 5.95. The molecule has 5 heteroatoms. The fraction of sp³-hybridized carbons (Fsp3) is 0.227. The Kier molecular flexibility index (Phi) is 6.15. The predicted octanol–water partition coefficient (Wildman–Crippen LogP) is 4.73. The SMILES string of the molecule is CCCCNC(=O)c1cccc(Nc2cc(-c3ccccc3)nc(C)n2)c1. The van der Waals surface area contributed by atoms with Crippen molar-refractivity contribution in [3.8, 4) is 11.3 Å². The van der Waals surface area contributed by atoms with Gasteiger partial charge in [0.05, 0.1) is 5.69 Å². The number of unbranched alkanes of at least 4 members (excludes halogenated alkanes) is 1. The van der Waals surface area contributed by atoms with Crippen LogP contribution < -0.4 is 10.6 Å². The van der Waals surface area contributed by atoms with E-state index in [1.807, 2.05) is 67.6 Å². The molecule has 0 bridgehead atoms. The molecule has 3 aromatic rings. The van der Waals surface area contributed by atoms with Crippen molar-refractivity contribution in [2.24, 2.45) is 0 Å². The first kappa shape index (κ1) is 18.6. The van der Waals surface area contributed by atoms with Crippen LogP contribution in [0.4, 0.5) is 11.5 Å². The van der Waals surface area contributed by atoms with Crippen molar-refractivity contribution in [2.45, 2.75) is 26.7 Å². The molecule has 0 unspecified atom stereocenters. The highest BCUT2D eigenvalue weighted by Crippen LogP contribution is 2.22. The number of nitrogens with one attached hydrogen (secondary N) is 2. The van der Waals surface area contributed by atoms with Gasteiger partial charge in [0.2, 0.25) is 0 Å². The summed E-state index contributed by atoms with van der Waals surface area (Å²) in [4.78, 5) is 21.2. The summed E-state index contributed by atoms with van der Waals surface area (Å²) in [5.41, 5.74) is 3.34. The van der Waals surface area contributed by atoms with Crippen molar-refractivity contribution in [3.63, 3.8) is 0 Å². The molecule has 0 aliphatic heterocycles. The average Bonchev–Trinajstić information content (AvgIpc) is 2.68. The van der Waals surface area contributed by atoms with Crippen molar-refractivity contribution in [2.75, 3.05) is 11.9 Å². The van der Waals surface area contributed by atoms with Gasteiger partial charge in [0.15, 0.2) is 0 Å². The lowest BCUT2D eigenvalue weighted by molar-refractivity contribution is 0.0953. The Morgan fingerprint density at radius 2 is 1.81 bits per heavy atom. The molecule has 0 fully saturated rings. The van der Waals surface area contributed by atoms with E-state index in [2.05, 4.69) is 27.5 Å². The molecule has 0 aliphatic rings. The number of anilines is 2. The summed E-state index contributed by atoms with van der Waals surface area (Å²) in [6.45, 7) is 4.66. The Morgan fingerprint density at radius 3 is 2.59 bits per heavy atom. The minimum Gasteiger partial charge on any atom is -0.352 e. The maximum Gasteiger partial charge on any atom is 0.251 e. The third-order valence-electron chi connectivity index (χ3n) is 4.12. The zero-order chi connectivity index (χ0) is 19.1. The number of aromatic nitrogens is 2. The third kappa shape index (κ3) is 5.14. The smallest absolute Gasteiger partial charge is 0.251 e. The van der Waals surface area contributed by atoms with Crippen molar-refractivity contribution < 1.29 is 4.79 Å². The molecule has 0 atom stereocenters. The van der Waals surface area contributed by atoms with Crippen LogP contribution in [0.2, 0.25) is 0 Å². The second kappa shape index (κ2) is 8.94. The predicted molar refractivity (Wildman–Crippen MR) is 109 cm³/mol. The van der Waals surface area contributed by atoms with Crippen molar-refractivity contribution in [1.82, 2.24) is 15.3 Å². The van der Waals surface area contributed by atoms with Gasteiger partial charge in [-0.1, -0.05) is 49.7 Å². The van der Waals surface area contributed by atoms with E-state index in [0.717, 1.165) is 29.8 Å². The summed E-state index contributed by atoms with van der Waals surface area (Å²) in [7, 11) is 0. The quantitative estimate of drug-likeness (QED) is 0.598. The molecule has 0 spiro atoms. The monoisotopic (exact) mass is 360 g/mol. The lowest BCUT2D eigenvalue weighted by Gasteiger charge is -2.10. The van der Waals surface area contributed by atoms with Crippen LogP contribution in [-0.2, 0) is 0 Å². The minimum absolute atomic E-state index is 0.0593. The van der Waals surface area contributed by atoms with Gasteiger partial charge in [0.25, 0.3) is 5.91 Å². The summed E-state index contributed by atoms with van der Waals surface area (Å²) in [6, 6.07) is 19.3. The van der Waals surface area contributed by atoms with Gasteiger partial charge in [-0.05, 0) is 31.5 Å². The highest BCUT2D eigenvalue weighted by atomic mass is 16.1. The molecule has 1 amide bonds. The molecule has 0 saturated heterocycles. The number of carbonyl (C=O) groups is 1. The number of aryl methyl sites for hydroxylation is 1. The first-order valence-corrected chi connectivity index (χ1v) is 9.22. The van der Waals surface area contributed by atoms with E-state index in [1.54, 1.807) is 0 Å². The van der Waals surface area contributed by atoms with Gasteiger partial charge in [-0.25, -0.2) is 9.97 Å². The fourth-order valence-electron chi connectivity index (χ4n) is 2.76. The van der Waals surface area contributed by atoms with Crippen molar-refractivity contribution in [3.05, 3.63) is 72.1 Å². The highest BCUT2D eigenvalue weighted by Gasteiger charge is 2.08. The molecular formula is C22H24N4O. The Morgan fingerprint density at radius 1 is 1.00 bits per heavy atom. The lowest BCUT2D eigenvalue weighted by atomic mass is 10.1. The summed E-state index contributed by atoms with van der Waals surface area (Å²) in [6.07, 6.45) is 2.03. The van der Waals surface area contributed by atoms with Gasteiger partial charge in [-0.2, -0.15) is 0 Å². The van der Waals surface area contributed by atoms with Crippen LogP contribution >= 0.6 is 0 Å². The van der Waals surface area contributed by atoms with Gasteiger partial charge in [-0.15, -0.1) is 0 Å². The van der Waals surface area contributed by atoms with Gasteiger partial charge in [0.1, 0.15) is 11.6 Å². The normalized spacial score (nSPS) is 10.4. The van der Waals surface area contributed by atoms with Crippen LogP contribution in [0.15, 0.2) is 60.7 Å². The average molecular weight is 360 g/mol. The molecule has 3 rings (SSSR count). The van der Waals surface area contributed by atoms with Crippen LogP contribution in [0.1, 0.15) is 35.9 Å². The zero-order valence-corrected chi connectivity index (χ0v) is 15.7. The lowest BCUT2D eigenvalue weighted by Crippen LogP contribution is -2.24. The van der Waals surface area contributed by atoms with Crippen molar-refractivity contribution >= 4 is 17.4 Å². The fourth-order valence-corrected chi connectivity index (χ4v) is 2.76. The van der Waals surface area contributed by atoms with E-state index in [1.165, 1.54) is 0 Å². The van der Waals surface area contributed by atoms with Crippen LogP contribution in [0.5, 0.6) is 0 Å². The molecule has 1 heterocycles. The largest absolute Gasteiger partial charge is 0.352 e. The topological polar surface area (TPSA) is 66.9 Å². The maximum absolute atomic E-state index is 12.3. The molecule has 0 aliphatic carbocycles. The number of benzene rings is 2. The summed E-state index contributed by atoms with van der Waals surface area (Å²) in [5, 5.41) is 6.22. The minimum atomic E-state index is -0.0593. The molecule has 0 saturated carbocycles. The van der Waals surface area contributed by atoms with E-state index >= 15 is 0 Å². The molecule has 1 aromatic heterocycles. The number of hydrogen-bond acceptors (Lipinski definition) is 4. The number of hydrogen-bond donors (Lipinski definition) is 2. The third-order valence-corrected chi connectivity index (χ3v) is 4.12. The standard InChI is InChI=1S/C22H24N4O/c1-3-4-13-23-22(27)18-11-8-12-19(14-18)26-21-15-20(24-16(2)25-21)17-9-6-5-7-10-17/h5-12,14-15H,3-4,13H2,1-2H3,(H,23,27)(H,24,25,26). The zero-order valence-electron chi connectivity index (χ0n) is 15.7. The van der Waals surface area contributed by atoms with E-state index in [-0.39, 0.29) is 5.91 Å². The molecule has 0 radical (unpaired) electrons. The Bertz CT molecular complexity index is 909. The Labute approximate surface area is 159 Å². The van der Waals surface area contributed by atoms with Crippen LogP contribution in [0, 0.1) is 6.92 Å². The number of nitrogens with zero attached hydrogens (tertiary/aromatic N) is 2. The van der Waals surface area contributed by atoms with Crippen molar-refractivity contribution in [1.29, 1.82) is 0 Å². The first-order chi connectivity index (χ1) is 13.2. The van der Waals surface area contributed by atoms with Gasteiger partial charge < -0.3 is 10.6 Å². The Balaban J connectivity index is 1.78. The second-order valence-corrected chi connectivity index (χ2v) is 6.37. The molecule has 2 aromatic carbocycles. The summed E-state index contributed by atoms with van der Waals surface area (Å²) < 4.78 is 0. The van der Waals surface area contributed by atoms with E-state index in [9.17, 15) is 4.79 Å². The molecule has 5 nitrogen and oxygen atoms in total. The van der Waals surface area contributed by atoms with E-state index in [0.29, 0.717) is 23.8 Å². The molecule has 27 heavy (non-hydrogen) atoms. The summed E-state index contributed by atoms with van der Waals surface area (Å²) >= 11 is 0. The molecule has 2 N–H and O–H groups in total. The number of amides is 1. The number of carbonyl (C=O) groups excluding carboxylic acids is 1. The van der Waals surface area contributed by atoms with Crippen LogP contribution in [0.3, 0.4) is 0 Å². The first-order valence-electron chi connectivity index (χ1n) is 9.22. The number of rotatable bonds is 7. The molecular weight excluding hydrogens is 336 g/mol. The summed E-state index contributed by atoms with van der Waals surface area (Å²) in [5.74, 6) is 1.33. The Hall–Kier alpha value is -3.21. The van der Waals surface area contributed by atoms with E-state index < -0.39 is 0 Å². The van der Waals surface area contributed by atoms with Gasteiger partial charge in [-0.3, -0.25) is 4.79 Å². The van der Waals surface area contributed by atoms with Gasteiger partial charge >= 0.3 is 0 Å². The van der Waals surface area contributed by atoms with Gasteiger partial charge in [0, 0.05) is 29.4 Å². The maximum atomic E-state index is 12.3. The van der Waals surface area contributed by atoms with Crippen LogP contribution in [0.25, 0.3) is 11.3 Å². The second-order valence-electron chi connectivity index (χ2n) is 6.37. The molecule has 138 valence electrons. The van der Waals surface area contributed by atoms with E-state index in [4.69, 9.17) is 0 Å². The van der Waals surface area contributed by atoms with Crippen LogP contribution in [-0.4, -0.2) is 22.4 Å².